The molecule has 1 aliphatic heterocycles. The van der Waals surface area contributed by atoms with Gasteiger partial charge in [0.1, 0.15) is 12.0 Å². The summed E-state index contributed by atoms with van der Waals surface area (Å²) in [7, 11) is 1.60. The van der Waals surface area contributed by atoms with E-state index in [1.54, 1.807) is 49.4 Å². The highest BCUT2D eigenvalue weighted by atomic mass is 32.1. The Kier molecular flexibility index (Phi) is 6.35. The summed E-state index contributed by atoms with van der Waals surface area (Å²) in [5.74, 6) is 2.00. The fraction of sp³-hybridized carbons (Fsp3) is 0.269. The summed E-state index contributed by atoms with van der Waals surface area (Å²) in [6.07, 6.45) is 8.22. The third-order valence-electron chi connectivity index (χ3n) is 6.15. The van der Waals surface area contributed by atoms with Crippen LogP contribution in [-0.2, 0) is 4.74 Å². The number of fused-ring (bicyclic) bond motifs is 2. The number of benzene rings is 1. The number of amides is 2. The summed E-state index contributed by atoms with van der Waals surface area (Å²) < 4.78 is 28.9. The first-order chi connectivity index (χ1) is 17.4. The second kappa shape index (κ2) is 9.60. The van der Waals surface area contributed by atoms with Crippen molar-refractivity contribution < 1.29 is 23.5 Å². The normalized spacial score (nSPS) is 15.4. The number of rotatable bonds is 5. The molecule has 1 aromatic carbocycles. The number of terminal acetylenes is 1. The maximum absolute atomic E-state index is 15.5. The molecule has 3 aromatic heterocycles. The quantitative estimate of drug-likeness (QED) is 0.390. The molecule has 0 spiro atoms. The summed E-state index contributed by atoms with van der Waals surface area (Å²) in [5, 5.41) is 2.83. The molecule has 1 saturated heterocycles. The lowest BCUT2D eigenvalue weighted by atomic mass is 10.2. The van der Waals surface area contributed by atoms with Crippen molar-refractivity contribution in [3.63, 3.8) is 0 Å². The van der Waals surface area contributed by atoms with Gasteiger partial charge in [0, 0.05) is 37.0 Å². The summed E-state index contributed by atoms with van der Waals surface area (Å²) >= 11 is 1.25. The molecular weight excluding hydrogens is 483 g/mol. The minimum Gasteiger partial charge on any atom is -0.453 e. The molecule has 2 amide bonds. The van der Waals surface area contributed by atoms with Gasteiger partial charge in [-0.2, -0.15) is 0 Å². The molecular formula is C26H23FN4O4S. The molecule has 8 nitrogen and oxygen atoms in total. The van der Waals surface area contributed by atoms with Crippen LogP contribution in [0.25, 0.3) is 21.1 Å². The van der Waals surface area contributed by atoms with Crippen molar-refractivity contribution in [3.05, 3.63) is 52.9 Å². The second-order valence-corrected chi connectivity index (χ2v) is 9.41. The van der Waals surface area contributed by atoms with E-state index >= 15 is 4.39 Å². The number of likely N-dealkylation sites (tertiary alicyclic amines) is 1. The number of hydrogen-bond donors (Lipinski definition) is 1. The zero-order valence-electron chi connectivity index (χ0n) is 19.7. The van der Waals surface area contributed by atoms with Crippen molar-refractivity contribution in [3.8, 4) is 23.8 Å². The molecule has 1 fully saturated rings. The Morgan fingerprint density at radius 2 is 2.14 bits per heavy atom. The number of pyridine rings is 1. The number of hydrogen-bond acceptors (Lipinski definition) is 6. The van der Waals surface area contributed by atoms with Gasteiger partial charge in [0.15, 0.2) is 11.6 Å². The van der Waals surface area contributed by atoms with Gasteiger partial charge in [-0.3, -0.25) is 14.3 Å². The average molecular weight is 507 g/mol. The predicted molar refractivity (Wildman–Crippen MR) is 135 cm³/mol. The first kappa shape index (κ1) is 23.8. The minimum absolute atomic E-state index is 0.00329. The Morgan fingerprint density at radius 3 is 2.92 bits per heavy atom. The number of ether oxygens (including phenoxy) is 2. The summed E-state index contributed by atoms with van der Waals surface area (Å²) in [4.78, 5) is 32.2. The lowest BCUT2D eigenvalue weighted by molar-refractivity contribution is 0.00195. The van der Waals surface area contributed by atoms with E-state index in [2.05, 4.69) is 16.2 Å². The number of aromatic nitrogens is 2. The Morgan fingerprint density at radius 1 is 1.31 bits per heavy atom. The molecule has 1 unspecified atom stereocenters. The number of aryl methyl sites for hydroxylation is 1. The van der Waals surface area contributed by atoms with E-state index in [-0.39, 0.29) is 29.8 Å². The maximum Gasteiger partial charge on any atom is 0.327 e. The van der Waals surface area contributed by atoms with E-state index in [1.165, 1.54) is 22.0 Å². The first-order valence-electron chi connectivity index (χ1n) is 11.3. The number of carbonyl (C=O) groups excluding carboxylic acids is 2. The van der Waals surface area contributed by atoms with Crippen molar-refractivity contribution in [1.82, 2.24) is 19.8 Å². The maximum atomic E-state index is 15.5. The SMILES string of the molecule is C#CCNC(=O)n1c(C)cc2c(F)c(Oc3ccnc4cc(C(=O)N5CCCC5OC)sc34)ccc21. The van der Waals surface area contributed by atoms with Crippen molar-refractivity contribution in [2.24, 2.45) is 0 Å². The van der Waals surface area contributed by atoms with Gasteiger partial charge in [-0.05, 0) is 44.0 Å². The molecule has 1 atom stereocenters. The molecule has 1 aliphatic rings. The first-order valence-corrected chi connectivity index (χ1v) is 12.2. The van der Waals surface area contributed by atoms with E-state index in [0.717, 1.165) is 12.8 Å². The van der Waals surface area contributed by atoms with Crippen LogP contribution in [0.5, 0.6) is 11.5 Å². The molecule has 36 heavy (non-hydrogen) atoms. The van der Waals surface area contributed by atoms with E-state index in [9.17, 15) is 9.59 Å². The number of halogens is 1. The van der Waals surface area contributed by atoms with Gasteiger partial charge >= 0.3 is 6.03 Å². The van der Waals surface area contributed by atoms with E-state index < -0.39 is 11.8 Å². The fourth-order valence-corrected chi connectivity index (χ4v) is 5.51. The molecule has 4 heterocycles. The van der Waals surface area contributed by atoms with Crippen molar-refractivity contribution in [2.45, 2.75) is 26.0 Å². The molecule has 10 heteroatoms. The minimum atomic E-state index is -0.600. The van der Waals surface area contributed by atoms with Crippen LogP contribution in [0.2, 0.25) is 0 Å². The van der Waals surface area contributed by atoms with Crippen LogP contribution in [-0.4, -0.2) is 52.8 Å². The highest BCUT2D eigenvalue weighted by molar-refractivity contribution is 7.21. The van der Waals surface area contributed by atoms with Crippen LogP contribution in [0.1, 0.15) is 28.2 Å². The average Bonchev–Trinajstić information content (AvgIpc) is 3.60. The van der Waals surface area contributed by atoms with E-state index in [0.29, 0.717) is 38.6 Å². The monoisotopic (exact) mass is 506 g/mol. The van der Waals surface area contributed by atoms with Crippen LogP contribution < -0.4 is 10.1 Å². The summed E-state index contributed by atoms with van der Waals surface area (Å²) in [6, 6.07) is 7.59. The number of thiophene rings is 1. The molecule has 5 rings (SSSR count). The van der Waals surface area contributed by atoms with Gasteiger partial charge in [0.05, 0.1) is 27.2 Å². The topological polar surface area (TPSA) is 85.7 Å². The van der Waals surface area contributed by atoms with Gasteiger partial charge in [-0.1, -0.05) is 5.92 Å². The zero-order chi connectivity index (χ0) is 25.4. The molecule has 0 bridgehead atoms. The third-order valence-corrected chi connectivity index (χ3v) is 7.28. The van der Waals surface area contributed by atoms with Crippen LogP contribution in [0.4, 0.5) is 9.18 Å². The third kappa shape index (κ3) is 4.06. The number of nitrogens with zero attached hydrogens (tertiary/aromatic N) is 3. The van der Waals surface area contributed by atoms with E-state index in [4.69, 9.17) is 15.9 Å². The van der Waals surface area contributed by atoms with Crippen molar-refractivity contribution >= 4 is 44.4 Å². The van der Waals surface area contributed by atoms with Crippen molar-refractivity contribution in [1.29, 1.82) is 0 Å². The van der Waals surface area contributed by atoms with Gasteiger partial charge in [-0.25, -0.2) is 9.18 Å². The highest BCUT2D eigenvalue weighted by Gasteiger charge is 2.30. The van der Waals surface area contributed by atoms with Crippen LogP contribution in [0, 0.1) is 25.1 Å². The Hall–Kier alpha value is -3.94. The smallest absolute Gasteiger partial charge is 0.327 e. The lowest BCUT2D eigenvalue weighted by Gasteiger charge is -2.22. The summed E-state index contributed by atoms with van der Waals surface area (Å²) in [5.41, 5.74) is 1.54. The molecule has 184 valence electrons. The lowest BCUT2D eigenvalue weighted by Crippen LogP contribution is -2.36. The summed E-state index contributed by atoms with van der Waals surface area (Å²) in [6.45, 7) is 2.41. The number of carbonyl (C=O) groups is 2. The Labute approximate surface area is 210 Å². The van der Waals surface area contributed by atoms with Gasteiger partial charge < -0.3 is 19.7 Å². The van der Waals surface area contributed by atoms with E-state index in [1.807, 2.05) is 0 Å². The number of nitrogens with one attached hydrogen (secondary N) is 1. The Balaban J connectivity index is 1.47. The zero-order valence-corrected chi connectivity index (χ0v) is 20.5. The highest BCUT2D eigenvalue weighted by Crippen LogP contribution is 2.38. The van der Waals surface area contributed by atoms with Gasteiger partial charge in [0.2, 0.25) is 0 Å². The second-order valence-electron chi connectivity index (χ2n) is 8.36. The predicted octanol–water partition coefficient (Wildman–Crippen LogP) is 4.89. The van der Waals surface area contributed by atoms with Crippen LogP contribution >= 0.6 is 11.3 Å². The number of methoxy groups -OCH3 is 1. The van der Waals surface area contributed by atoms with Crippen molar-refractivity contribution in [2.75, 3.05) is 20.2 Å². The standard InChI is InChI=1S/C26H23FN4O4S/c1-4-10-29-26(33)31-15(2)13-16-18(31)7-8-19(23(16)27)35-20-9-11-28-17-14-21(36-24(17)20)25(32)30-12-5-6-22(30)34-3/h1,7-9,11,13-14,22H,5-6,10,12H2,2-3H3,(H,29,33). The van der Waals surface area contributed by atoms with Crippen LogP contribution in [0.15, 0.2) is 36.5 Å². The Bertz CT molecular complexity index is 1540. The molecule has 0 radical (unpaired) electrons. The van der Waals surface area contributed by atoms with Crippen LogP contribution in [0.3, 0.4) is 0 Å². The molecule has 0 aliphatic carbocycles. The van der Waals surface area contributed by atoms with Gasteiger partial charge in [0.25, 0.3) is 5.91 Å². The molecule has 0 saturated carbocycles. The fourth-order valence-electron chi connectivity index (χ4n) is 4.49. The van der Waals surface area contributed by atoms with Gasteiger partial charge in [-0.15, -0.1) is 17.8 Å². The molecule has 4 aromatic rings. The largest absolute Gasteiger partial charge is 0.453 e. The molecule has 1 N–H and O–H groups in total.